The molecule has 1 heterocycles. The van der Waals surface area contributed by atoms with Crippen molar-refractivity contribution in [2.75, 3.05) is 0 Å². The maximum Gasteiger partial charge on any atom is 0.0299 e. The van der Waals surface area contributed by atoms with Gasteiger partial charge in [0.25, 0.3) is 0 Å². The molecule has 0 aliphatic rings. The molecule has 23 heavy (non-hydrogen) atoms. The van der Waals surface area contributed by atoms with Crippen LogP contribution in [0.25, 0.3) is 0 Å². The zero-order chi connectivity index (χ0) is 16.4. The van der Waals surface area contributed by atoms with E-state index < -0.39 is 0 Å². The molecule has 0 saturated carbocycles. The third kappa shape index (κ3) is 13.3. The number of rotatable bonds is 16. The molecule has 0 amide bonds. The smallest absolute Gasteiger partial charge is 0.0299 e. The monoisotopic (exact) mass is 317 g/mol. The van der Waals surface area contributed by atoms with Crippen molar-refractivity contribution in [3.05, 3.63) is 30.1 Å². The van der Waals surface area contributed by atoms with E-state index in [-0.39, 0.29) is 0 Å². The van der Waals surface area contributed by atoms with Crippen molar-refractivity contribution in [3.63, 3.8) is 0 Å². The zero-order valence-electron chi connectivity index (χ0n) is 15.6. The van der Waals surface area contributed by atoms with Crippen LogP contribution in [0.1, 0.15) is 109 Å². The first kappa shape index (κ1) is 20.2. The second kappa shape index (κ2) is 16.0. The molecule has 0 fully saturated rings. The standard InChI is InChI=1S/C22H39N/c1-2-3-4-5-6-7-8-9-10-11-12-13-14-15-16-18-22-19-17-20-23-21-22/h17,19-21H,2-16,18H2,1H3. The van der Waals surface area contributed by atoms with Crippen LogP contribution < -0.4 is 0 Å². The van der Waals surface area contributed by atoms with Gasteiger partial charge in [0, 0.05) is 12.4 Å². The topological polar surface area (TPSA) is 12.9 Å². The average molecular weight is 318 g/mol. The zero-order valence-corrected chi connectivity index (χ0v) is 15.6. The molecule has 1 aromatic heterocycles. The van der Waals surface area contributed by atoms with Crippen molar-refractivity contribution in [2.45, 2.75) is 110 Å². The van der Waals surface area contributed by atoms with Crippen LogP contribution in [-0.2, 0) is 6.42 Å². The summed E-state index contributed by atoms with van der Waals surface area (Å²) in [6.07, 6.45) is 26.6. The van der Waals surface area contributed by atoms with Crippen LogP contribution in [0.2, 0.25) is 0 Å². The fourth-order valence-electron chi connectivity index (χ4n) is 3.25. The molecule has 0 bridgehead atoms. The second-order valence-corrected chi connectivity index (χ2v) is 7.06. The minimum absolute atomic E-state index is 1.20. The van der Waals surface area contributed by atoms with Crippen LogP contribution in [0.5, 0.6) is 0 Å². The lowest BCUT2D eigenvalue weighted by Gasteiger charge is -2.03. The maximum absolute atomic E-state index is 4.17. The van der Waals surface area contributed by atoms with Crippen molar-refractivity contribution in [1.82, 2.24) is 4.98 Å². The van der Waals surface area contributed by atoms with Gasteiger partial charge in [0.2, 0.25) is 0 Å². The SMILES string of the molecule is CCCCCCCCCCCCCCCCCc1cccnc1. The van der Waals surface area contributed by atoms with Gasteiger partial charge in [0.05, 0.1) is 0 Å². The van der Waals surface area contributed by atoms with Crippen LogP contribution in [0.3, 0.4) is 0 Å². The summed E-state index contributed by atoms with van der Waals surface area (Å²) in [5.41, 5.74) is 1.39. The molecule has 0 spiro atoms. The summed E-state index contributed by atoms with van der Waals surface area (Å²) < 4.78 is 0. The Hall–Kier alpha value is -0.850. The van der Waals surface area contributed by atoms with E-state index in [4.69, 9.17) is 0 Å². The van der Waals surface area contributed by atoms with Gasteiger partial charge >= 0.3 is 0 Å². The van der Waals surface area contributed by atoms with Crippen molar-refractivity contribution < 1.29 is 0 Å². The summed E-state index contributed by atoms with van der Waals surface area (Å²) in [4.78, 5) is 4.17. The van der Waals surface area contributed by atoms with Gasteiger partial charge in [-0.2, -0.15) is 0 Å². The first-order valence-electron chi connectivity index (χ1n) is 10.3. The predicted molar refractivity (Wildman–Crippen MR) is 103 cm³/mol. The largest absolute Gasteiger partial charge is 0.264 e. The fourth-order valence-corrected chi connectivity index (χ4v) is 3.25. The Kier molecular flexibility index (Phi) is 14.1. The van der Waals surface area contributed by atoms with Crippen molar-refractivity contribution in [1.29, 1.82) is 0 Å². The number of unbranched alkanes of at least 4 members (excludes halogenated alkanes) is 14. The van der Waals surface area contributed by atoms with Gasteiger partial charge in [0.1, 0.15) is 0 Å². The Morgan fingerprint density at radius 3 is 1.57 bits per heavy atom. The Balaban J connectivity index is 1.72. The maximum atomic E-state index is 4.17. The summed E-state index contributed by atoms with van der Waals surface area (Å²) in [5.74, 6) is 0. The second-order valence-electron chi connectivity index (χ2n) is 7.06. The highest BCUT2D eigenvalue weighted by Crippen LogP contribution is 2.14. The number of pyridine rings is 1. The molecule has 0 unspecified atom stereocenters. The molecule has 1 rings (SSSR count). The molecular formula is C22H39N. The van der Waals surface area contributed by atoms with E-state index in [1.54, 1.807) is 0 Å². The van der Waals surface area contributed by atoms with E-state index in [0.29, 0.717) is 0 Å². The normalized spacial score (nSPS) is 11.0. The van der Waals surface area contributed by atoms with E-state index in [1.807, 2.05) is 18.5 Å². The van der Waals surface area contributed by atoms with Gasteiger partial charge in [-0.25, -0.2) is 0 Å². The number of nitrogens with zero attached hydrogens (tertiary/aromatic N) is 1. The van der Waals surface area contributed by atoms with Crippen LogP contribution in [0.4, 0.5) is 0 Å². The van der Waals surface area contributed by atoms with Gasteiger partial charge in [-0.15, -0.1) is 0 Å². The van der Waals surface area contributed by atoms with E-state index in [2.05, 4.69) is 18.0 Å². The van der Waals surface area contributed by atoms with E-state index in [1.165, 1.54) is 108 Å². The fraction of sp³-hybridized carbons (Fsp3) is 0.773. The first-order valence-corrected chi connectivity index (χ1v) is 10.3. The van der Waals surface area contributed by atoms with E-state index >= 15 is 0 Å². The molecule has 0 N–H and O–H groups in total. The predicted octanol–water partition coefficient (Wildman–Crippen LogP) is 7.50. The molecule has 132 valence electrons. The molecule has 0 aliphatic heterocycles. The average Bonchev–Trinajstić information content (AvgIpc) is 2.59. The van der Waals surface area contributed by atoms with Crippen LogP contribution >= 0.6 is 0 Å². The minimum Gasteiger partial charge on any atom is -0.264 e. The summed E-state index contributed by atoms with van der Waals surface area (Å²) >= 11 is 0. The first-order chi connectivity index (χ1) is 11.4. The molecule has 0 aliphatic carbocycles. The van der Waals surface area contributed by atoms with Crippen molar-refractivity contribution >= 4 is 0 Å². The van der Waals surface area contributed by atoms with E-state index in [0.717, 1.165) is 0 Å². The summed E-state index contributed by atoms with van der Waals surface area (Å²) in [6.45, 7) is 2.29. The quantitative estimate of drug-likeness (QED) is 0.288. The third-order valence-corrected chi connectivity index (χ3v) is 4.79. The Bertz CT molecular complexity index is 333. The highest BCUT2D eigenvalue weighted by molar-refractivity contribution is 5.08. The summed E-state index contributed by atoms with van der Waals surface area (Å²) in [5, 5.41) is 0. The van der Waals surface area contributed by atoms with E-state index in [9.17, 15) is 0 Å². The lowest BCUT2D eigenvalue weighted by molar-refractivity contribution is 0.532. The molecule has 0 aromatic carbocycles. The van der Waals surface area contributed by atoms with Crippen molar-refractivity contribution in [3.8, 4) is 0 Å². The van der Waals surface area contributed by atoms with Gasteiger partial charge < -0.3 is 0 Å². The van der Waals surface area contributed by atoms with Gasteiger partial charge in [-0.05, 0) is 24.5 Å². The molecule has 1 nitrogen and oxygen atoms in total. The molecule has 1 aromatic rings. The Labute approximate surface area is 145 Å². The minimum atomic E-state index is 1.20. The molecule has 0 atom stereocenters. The number of hydrogen-bond acceptors (Lipinski definition) is 1. The molecule has 1 heteroatoms. The van der Waals surface area contributed by atoms with Gasteiger partial charge in [-0.1, -0.05) is 103 Å². The van der Waals surface area contributed by atoms with Crippen molar-refractivity contribution in [2.24, 2.45) is 0 Å². The lowest BCUT2D eigenvalue weighted by atomic mass is 10.0. The number of hydrogen-bond donors (Lipinski definition) is 0. The van der Waals surface area contributed by atoms with Gasteiger partial charge in [0.15, 0.2) is 0 Å². The molecule has 0 radical (unpaired) electrons. The lowest BCUT2D eigenvalue weighted by Crippen LogP contribution is -1.87. The molecule has 0 saturated heterocycles. The Morgan fingerprint density at radius 2 is 1.13 bits per heavy atom. The highest BCUT2D eigenvalue weighted by Gasteiger charge is 1.95. The number of aryl methyl sites for hydroxylation is 1. The van der Waals surface area contributed by atoms with Crippen LogP contribution in [-0.4, -0.2) is 4.98 Å². The molecular weight excluding hydrogens is 278 g/mol. The van der Waals surface area contributed by atoms with Crippen LogP contribution in [0, 0.1) is 0 Å². The Morgan fingerprint density at radius 1 is 0.652 bits per heavy atom. The summed E-state index contributed by atoms with van der Waals surface area (Å²) in [7, 11) is 0. The highest BCUT2D eigenvalue weighted by atomic mass is 14.6. The number of aromatic nitrogens is 1. The summed E-state index contributed by atoms with van der Waals surface area (Å²) in [6, 6.07) is 4.23. The third-order valence-electron chi connectivity index (χ3n) is 4.79. The van der Waals surface area contributed by atoms with Crippen LogP contribution in [0.15, 0.2) is 24.5 Å². The van der Waals surface area contributed by atoms with Gasteiger partial charge in [-0.3, -0.25) is 4.98 Å².